The van der Waals surface area contributed by atoms with Crippen molar-refractivity contribution in [2.75, 3.05) is 0 Å². The molecule has 1 N–H and O–H groups in total. The van der Waals surface area contributed by atoms with Gasteiger partial charge in [-0.25, -0.2) is 4.79 Å². The molecule has 0 unspecified atom stereocenters. The van der Waals surface area contributed by atoms with E-state index in [1.807, 2.05) is 0 Å². The van der Waals surface area contributed by atoms with Crippen LogP contribution in [0.1, 0.15) is 11.1 Å². The summed E-state index contributed by atoms with van der Waals surface area (Å²) in [4.78, 5) is 11.2. The van der Waals surface area contributed by atoms with Gasteiger partial charge in [-0.3, -0.25) is 0 Å². The highest BCUT2D eigenvalue weighted by Gasteiger charge is 2.48. The number of carboxylic acid groups (broad SMARTS) is 1. The molecule has 1 heterocycles. The minimum atomic E-state index is -4.89. The van der Waals surface area contributed by atoms with Crippen LogP contribution in [0.25, 0.3) is 6.08 Å². The lowest BCUT2D eigenvalue weighted by Gasteiger charge is -2.27. The number of carboxylic acids is 1. The first-order valence-corrected chi connectivity index (χ1v) is 8.27. The molecule has 1 aliphatic heterocycles. The first-order chi connectivity index (χ1) is 12.6. The Morgan fingerprint density at radius 3 is 2.48 bits per heavy atom. The van der Waals surface area contributed by atoms with E-state index in [0.29, 0.717) is 16.3 Å². The van der Waals surface area contributed by atoms with E-state index in [0.717, 1.165) is 6.08 Å². The van der Waals surface area contributed by atoms with Crippen molar-refractivity contribution >= 4 is 35.2 Å². The zero-order valence-corrected chi connectivity index (χ0v) is 15.1. The molecule has 0 fully saturated rings. The first kappa shape index (κ1) is 19.4. The Morgan fingerprint density at radius 1 is 1.19 bits per heavy atom. The lowest BCUT2D eigenvalue weighted by molar-refractivity contribution is -0.187. The Bertz CT molecular complexity index is 954. The monoisotopic (exact) mass is 418 g/mol. The average molecular weight is 419 g/mol. The molecule has 0 radical (unpaired) electrons. The molecule has 4 nitrogen and oxygen atoms in total. The predicted octanol–water partition coefficient (Wildman–Crippen LogP) is 5.89. The van der Waals surface area contributed by atoms with E-state index in [-0.39, 0.29) is 22.1 Å². The number of hydrogen-bond donors (Lipinski definition) is 1. The van der Waals surface area contributed by atoms with Crippen molar-refractivity contribution in [2.45, 2.75) is 19.2 Å². The third kappa shape index (κ3) is 3.99. The first-order valence-electron chi connectivity index (χ1n) is 7.52. The second-order valence-corrected chi connectivity index (χ2v) is 6.62. The number of alkyl halides is 3. The summed E-state index contributed by atoms with van der Waals surface area (Å²) < 4.78 is 50.1. The van der Waals surface area contributed by atoms with Gasteiger partial charge in [0.25, 0.3) is 0 Å². The van der Waals surface area contributed by atoms with Crippen LogP contribution < -0.4 is 9.47 Å². The molecule has 0 amide bonds. The third-order valence-corrected chi connectivity index (χ3v) is 4.33. The van der Waals surface area contributed by atoms with Gasteiger partial charge in [0.05, 0.1) is 10.6 Å². The topological polar surface area (TPSA) is 55.8 Å². The zero-order chi connectivity index (χ0) is 19.9. The number of carbonyl (C=O) groups is 1. The van der Waals surface area contributed by atoms with Crippen LogP contribution in [0.2, 0.25) is 10.0 Å². The molecule has 2 aromatic rings. The Labute approximate surface area is 161 Å². The molecule has 0 aliphatic carbocycles. The maximum Gasteiger partial charge on any atom is 0.430 e. The highest BCUT2D eigenvalue weighted by Crippen LogP contribution is 2.43. The number of aryl methyl sites for hydroxylation is 1. The fourth-order valence-electron chi connectivity index (χ4n) is 2.54. The predicted molar refractivity (Wildman–Crippen MR) is 93.8 cm³/mol. The van der Waals surface area contributed by atoms with Crippen LogP contribution in [0.4, 0.5) is 13.2 Å². The van der Waals surface area contributed by atoms with Crippen LogP contribution in [-0.2, 0) is 4.79 Å². The van der Waals surface area contributed by atoms with Gasteiger partial charge in [0.1, 0.15) is 17.2 Å². The standard InChI is InChI=1S/C18H11Cl2F3O4/c1-8-4-10(19)2-3-13(8)26-15-7-14-9(6-12(15)20)5-11(17(24)25)16(27-14)18(21,22)23/h2-7,16H,1H3,(H,24,25)/t16-/m1/s1. The van der Waals surface area contributed by atoms with Gasteiger partial charge in [-0.1, -0.05) is 23.2 Å². The lowest BCUT2D eigenvalue weighted by Crippen LogP contribution is -2.40. The second-order valence-electron chi connectivity index (χ2n) is 5.78. The molecule has 3 rings (SSSR count). The normalized spacial score (nSPS) is 16.2. The number of fused-ring (bicyclic) bond motifs is 1. The van der Waals surface area contributed by atoms with Crippen LogP contribution in [0.15, 0.2) is 35.9 Å². The summed E-state index contributed by atoms with van der Waals surface area (Å²) in [5, 5.41) is 9.63. The molecule has 1 atom stereocenters. The van der Waals surface area contributed by atoms with Gasteiger partial charge >= 0.3 is 12.1 Å². The summed E-state index contributed by atoms with van der Waals surface area (Å²) in [7, 11) is 0. The molecule has 9 heteroatoms. The van der Waals surface area contributed by atoms with E-state index in [4.69, 9.17) is 37.8 Å². The molecule has 2 aromatic carbocycles. The molecule has 0 saturated heterocycles. The number of benzene rings is 2. The summed E-state index contributed by atoms with van der Waals surface area (Å²) in [6.07, 6.45) is -6.59. The van der Waals surface area contributed by atoms with Gasteiger partial charge in [-0.15, -0.1) is 0 Å². The van der Waals surface area contributed by atoms with Gasteiger partial charge in [0.2, 0.25) is 6.10 Å². The van der Waals surface area contributed by atoms with E-state index in [1.165, 1.54) is 12.1 Å². The summed E-state index contributed by atoms with van der Waals surface area (Å²) in [6, 6.07) is 7.32. The fraction of sp³-hybridized carbons (Fsp3) is 0.167. The Balaban J connectivity index is 2.02. The maximum absolute atomic E-state index is 13.2. The SMILES string of the molecule is Cc1cc(Cl)ccc1Oc1cc2c(cc1Cl)C=C(C(=O)O)[C@H](C(F)(F)F)O2. The Morgan fingerprint density at radius 2 is 1.89 bits per heavy atom. The largest absolute Gasteiger partial charge is 0.478 e. The van der Waals surface area contributed by atoms with Crippen molar-refractivity contribution in [3.8, 4) is 17.2 Å². The van der Waals surface area contributed by atoms with Crippen LogP contribution in [0, 0.1) is 6.92 Å². The van der Waals surface area contributed by atoms with Crippen molar-refractivity contribution < 1.29 is 32.5 Å². The summed E-state index contributed by atoms with van der Waals surface area (Å²) in [5.41, 5.74) is -0.121. The Hall–Kier alpha value is -2.38. The van der Waals surface area contributed by atoms with Crippen LogP contribution in [0.3, 0.4) is 0 Å². The summed E-state index contributed by atoms with van der Waals surface area (Å²) in [6.45, 7) is 1.74. The highest BCUT2D eigenvalue weighted by atomic mass is 35.5. The van der Waals surface area contributed by atoms with Crippen LogP contribution in [-0.4, -0.2) is 23.4 Å². The van der Waals surface area contributed by atoms with Crippen LogP contribution >= 0.6 is 23.2 Å². The van der Waals surface area contributed by atoms with E-state index < -0.39 is 23.8 Å². The van der Waals surface area contributed by atoms with Gasteiger partial charge < -0.3 is 14.6 Å². The minimum absolute atomic E-state index is 0.0638. The number of halogens is 5. The fourth-order valence-corrected chi connectivity index (χ4v) is 2.98. The molecular weight excluding hydrogens is 408 g/mol. The average Bonchev–Trinajstić information content (AvgIpc) is 2.55. The molecule has 27 heavy (non-hydrogen) atoms. The number of hydrogen-bond acceptors (Lipinski definition) is 3. The van der Waals surface area contributed by atoms with Crippen molar-refractivity contribution in [1.29, 1.82) is 0 Å². The van der Waals surface area contributed by atoms with Gasteiger partial charge in [-0.05, 0) is 42.8 Å². The van der Waals surface area contributed by atoms with Gasteiger partial charge in [0.15, 0.2) is 0 Å². The van der Waals surface area contributed by atoms with Crippen molar-refractivity contribution in [3.05, 3.63) is 57.1 Å². The molecule has 0 bridgehead atoms. The number of rotatable bonds is 3. The summed E-state index contributed by atoms with van der Waals surface area (Å²) >= 11 is 12.0. The molecule has 0 aromatic heterocycles. The van der Waals surface area contributed by atoms with Gasteiger partial charge in [-0.2, -0.15) is 13.2 Å². The van der Waals surface area contributed by atoms with E-state index in [2.05, 4.69) is 0 Å². The third-order valence-electron chi connectivity index (χ3n) is 3.80. The Kier molecular flexibility index (Phi) is 5.01. The number of ether oxygens (including phenoxy) is 2. The molecule has 0 spiro atoms. The van der Waals surface area contributed by atoms with Crippen LogP contribution in [0.5, 0.6) is 17.2 Å². The quantitative estimate of drug-likeness (QED) is 0.675. The lowest BCUT2D eigenvalue weighted by atomic mass is 10.0. The smallest absolute Gasteiger partial charge is 0.430 e. The van der Waals surface area contributed by atoms with E-state index in [1.54, 1.807) is 25.1 Å². The van der Waals surface area contributed by atoms with E-state index >= 15 is 0 Å². The molecule has 142 valence electrons. The van der Waals surface area contributed by atoms with Gasteiger partial charge in [0, 0.05) is 16.7 Å². The van der Waals surface area contributed by atoms with Crippen molar-refractivity contribution in [3.63, 3.8) is 0 Å². The minimum Gasteiger partial charge on any atom is -0.478 e. The second kappa shape index (κ2) is 6.98. The zero-order valence-electron chi connectivity index (χ0n) is 13.6. The molecular formula is C18H11Cl2F3O4. The number of aliphatic carboxylic acids is 1. The van der Waals surface area contributed by atoms with Crippen molar-refractivity contribution in [1.82, 2.24) is 0 Å². The maximum atomic E-state index is 13.2. The summed E-state index contributed by atoms with van der Waals surface area (Å²) in [5.74, 6) is -1.44. The molecule has 0 saturated carbocycles. The highest BCUT2D eigenvalue weighted by molar-refractivity contribution is 6.32. The van der Waals surface area contributed by atoms with E-state index in [9.17, 15) is 18.0 Å². The van der Waals surface area contributed by atoms with Crippen molar-refractivity contribution in [2.24, 2.45) is 0 Å². The molecule has 1 aliphatic rings.